The lowest BCUT2D eigenvalue weighted by molar-refractivity contribution is -0.0837. The quantitative estimate of drug-likeness (QED) is 0.582. The standard InChI is InChI=1S/C13H16N2O5/c1-3-4-13(5-9(17)10(7-16)20-13)15-6-8(2)11(18)14-12(15)19/h6,9-10,16-17H,5,7H2,1-2H3,(H,14,18,19)/t9-,10+,13+/m0/s1. The molecule has 7 heteroatoms. The molecule has 0 radical (unpaired) electrons. The number of ether oxygens (including phenoxy) is 1. The molecule has 0 spiro atoms. The van der Waals surface area contributed by atoms with E-state index in [1.165, 1.54) is 6.20 Å². The average Bonchev–Trinajstić information content (AvgIpc) is 2.71. The summed E-state index contributed by atoms with van der Waals surface area (Å²) in [6.07, 6.45) is -0.391. The predicted octanol–water partition coefficient (Wildman–Crippen LogP) is -1.34. The van der Waals surface area contributed by atoms with Crippen LogP contribution in [0, 0.1) is 18.8 Å². The summed E-state index contributed by atoms with van der Waals surface area (Å²) in [5.74, 6) is 5.41. The smallest absolute Gasteiger partial charge is 0.331 e. The van der Waals surface area contributed by atoms with E-state index in [0.717, 1.165) is 4.57 Å². The molecular formula is C13H16N2O5. The maximum absolute atomic E-state index is 12.0. The van der Waals surface area contributed by atoms with Crippen LogP contribution < -0.4 is 11.2 Å². The van der Waals surface area contributed by atoms with Crippen LogP contribution in [0.2, 0.25) is 0 Å². The number of aryl methyl sites for hydroxylation is 1. The molecule has 1 aromatic heterocycles. The van der Waals surface area contributed by atoms with Crippen LogP contribution in [-0.2, 0) is 10.5 Å². The Morgan fingerprint density at radius 3 is 2.85 bits per heavy atom. The van der Waals surface area contributed by atoms with Gasteiger partial charge in [-0.3, -0.25) is 14.3 Å². The molecule has 1 aliphatic rings. The number of hydrogen-bond donors (Lipinski definition) is 3. The maximum Gasteiger partial charge on any atom is 0.331 e. The minimum Gasteiger partial charge on any atom is -0.394 e. The van der Waals surface area contributed by atoms with Crippen LogP contribution in [0.4, 0.5) is 0 Å². The first kappa shape index (κ1) is 14.5. The summed E-state index contributed by atoms with van der Waals surface area (Å²) in [5, 5.41) is 19.1. The lowest BCUT2D eigenvalue weighted by atomic mass is 10.1. The first-order valence-electron chi connectivity index (χ1n) is 6.17. The zero-order chi connectivity index (χ0) is 14.9. The third-order valence-electron chi connectivity index (χ3n) is 3.27. The zero-order valence-corrected chi connectivity index (χ0v) is 11.2. The molecule has 0 saturated carbocycles. The van der Waals surface area contributed by atoms with Gasteiger partial charge in [-0.1, -0.05) is 0 Å². The highest BCUT2D eigenvalue weighted by Gasteiger charge is 2.47. The van der Waals surface area contributed by atoms with Crippen molar-refractivity contribution in [1.29, 1.82) is 0 Å². The molecule has 1 aromatic rings. The number of aliphatic hydroxyl groups is 2. The summed E-state index contributed by atoms with van der Waals surface area (Å²) < 4.78 is 6.73. The van der Waals surface area contributed by atoms with Gasteiger partial charge in [0.15, 0.2) is 0 Å². The lowest BCUT2D eigenvalue weighted by Gasteiger charge is -2.25. The highest BCUT2D eigenvalue weighted by atomic mass is 16.6. The van der Waals surface area contributed by atoms with E-state index in [9.17, 15) is 19.8 Å². The average molecular weight is 280 g/mol. The second-order valence-electron chi connectivity index (χ2n) is 4.71. The third-order valence-corrected chi connectivity index (χ3v) is 3.27. The third kappa shape index (κ3) is 2.29. The van der Waals surface area contributed by atoms with E-state index in [4.69, 9.17) is 4.74 Å². The van der Waals surface area contributed by atoms with Crippen LogP contribution in [0.1, 0.15) is 18.9 Å². The molecule has 1 saturated heterocycles. The fourth-order valence-electron chi connectivity index (χ4n) is 2.28. The monoisotopic (exact) mass is 280 g/mol. The SMILES string of the molecule is CC#C[C@]1(n2cc(C)c(=O)[nH]c2=O)C[C@H](O)[C@@H](CO)O1. The fraction of sp³-hybridized carbons (Fsp3) is 0.538. The van der Waals surface area contributed by atoms with Gasteiger partial charge >= 0.3 is 5.69 Å². The van der Waals surface area contributed by atoms with Crippen molar-refractivity contribution in [3.8, 4) is 11.8 Å². The van der Waals surface area contributed by atoms with Crippen molar-refractivity contribution in [1.82, 2.24) is 9.55 Å². The Morgan fingerprint density at radius 2 is 2.30 bits per heavy atom. The van der Waals surface area contributed by atoms with E-state index in [0.29, 0.717) is 5.56 Å². The molecule has 2 heterocycles. The highest BCUT2D eigenvalue weighted by molar-refractivity contribution is 5.16. The summed E-state index contributed by atoms with van der Waals surface area (Å²) in [6, 6.07) is 0. The largest absolute Gasteiger partial charge is 0.394 e. The maximum atomic E-state index is 12.0. The molecule has 0 amide bonds. The van der Waals surface area contributed by atoms with Gasteiger partial charge in [0.2, 0.25) is 5.72 Å². The molecule has 7 nitrogen and oxygen atoms in total. The first-order valence-corrected chi connectivity index (χ1v) is 6.17. The number of nitrogens with zero attached hydrogens (tertiary/aromatic N) is 1. The predicted molar refractivity (Wildman–Crippen MR) is 70.1 cm³/mol. The van der Waals surface area contributed by atoms with Crippen LogP contribution in [0.15, 0.2) is 15.8 Å². The molecule has 0 aromatic carbocycles. The van der Waals surface area contributed by atoms with Crippen molar-refractivity contribution < 1.29 is 14.9 Å². The van der Waals surface area contributed by atoms with Gasteiger partial charge in [-0.05, 0) is 19.8 Å². The van der Waals surface area contributed by atoms with Crippen molar-refractivity contribution in [2.24, 2.45) is 0 Å². The molecule has 1 aliphatic heterocycles. The van der Waals surface area contributed by atoms with Gasteiger partial charge in [0.25, 0.3) is 5.56 Å². The number of H-pyrrole nitrogens is 1. The molecule has 0 unspecified atom stereocenters. The van der Waals surface area contributed by atoms with Crippen LogP contribution in [0.5, 0.6) is 0 Å². The zero-order valence-electron chi connectivity index (χ0n) is 11.2. The molecule has 3 atom stereocenters. The van der Waals surface area contributed by atoms with E-state index >= 15 is 0 Å². The summed E-state index contributed by atoms with van der Waals surface area (Å²) in [4.78, 5) is 25.6. The molecule has 1 fully saturated rings. The molecule has 3 N–H and O–H groups in total. The summed E-state index contributed by atoms with van der Waals surface area (Å²) >= 11 is 0. The molecule has 0 bridgehead atoms. The van der Waals surface area contributed by atoms with Gasteiger partial charge in [-0.25, -0.2) is 4.79 Å². The second kappa shape index (κ2) is 5.25. The van der Waals surface area contributed by atoms with Gasteiger partial charge in [0.1, 0.15) is 6.10 Å². The molecule has 108 valence electrons. The Bertz CT molecular complexity index is 680. The minimum atomic E-state index is -1.38. The van der Waals surface area contributed by atoms with Crippen molar-refractivity contribution in [2.45, 2.75) is 38.2 Å². The Hall–Kier alpha value is -1.88. The van der Waals surface area contributed by atoms with Gasteiger partial charge in [-0.15, -0.1) is 5.92 Å². The number of aromatic amines is 1. The lowest BCUT2D eigenvalue weighted by Crippen LogP contribution is -2.44. The van der Waals surface area contributed by atoms with Crippen molar-refractivity contribution in [3.63, 3.8) is 0 Å². The topological polar surface area (TPSA) is 105 Å². The molecular weight excluding hydrogens is 264 g/mol. The van der Waals surface area contributed by atoms with Crippen molar-refractivity contribution >= 4 is 0 Å². The normalized spacial score (nSPS) is 29.0. The molecule has 0 aliphatic carbocycles. The van der Waals surface area contributed by atoms with Crippen LogP contribution in [0.25, 0.3) is 0 Å². The molecule has 2 rings (SSSR count). The Labute approximate surface area is 114 Å². The van der Waals surface area contributed by atoms with Crippen LogP contribution in [-0.4, -0.2) is 38.6 Å². The van der Waals surface area contributed by atoms with Crippen molar-refractivity contribution in [2.75, 3.05) is 6.61 Å². The van der Waals surface area contributed by atoms with E-state index in [1.54, 1.807) is 13.8 Å². The Kier molecular flexibility index (Phi) is 3.81. The number of hydrogen-bond acceptors (Lipinski definition) is 5. The molecule has 20 heavy (non-hydrogen) atoms. The van der Waals surface area contributed by atoms with Crippen molar-refractivity contribution in [3.05, 3.63) is 32.6 Å². The fourth-order valence-corrected chi connectivity index (χ4v) is 2.28. The minimum absolute atomic E-state index is 0.0322. The number of nitrogens with one attached hydrogen (secondary N) is 1. The van der Waals surface area contributed by atoms with E-state index in [-0.39, 0.29) is 13.0 Å². The Balaban J connectivity index is 2.61. The van der Waals surface area contributed by atoms with Crippen LogP contribution >= 0.6 is 0 Å². The number of rotatable bonds is 2. The first-order chi connectivity index (χ1) is 9.43. The second-order valence-corrected chi connectivity index (χ2v) is 4.71. The van der Waals surface area contributed by atoms with Gasteiger partial charge < -0.3 is 14.9 Å². The number of aromatic nitrogens is 2. The van der Waals surface area contributed by atoms with Gasteiger partial charge in [-0.2, -0.15) is 0 Å². The summed E-state index contributed by atoms with van der Waals surface area (Å²) in [7, 11) is 0. The Morgan fingerprint density at radius 1 is 1.60 bits per heavy atom. The highest BCUT2D eigenvalue weighted by Crippen LogP contribution is 2.33. The number of aliphatic hydroxyl groups excluding tert-OH is 2. The van der Waals surface area contributed by atoms with Gasteiger partial charge in [0.05, 0.1) is 12.7 Å². The van der Waals surface area contributed by atoms with E-state index in [1.807, 2.05) is 0 Å². The summed E-state index contributed by atoms with van der Waals surface area (Å²) in [6.45, 7) is 2.75. The van der Waals surface area contributed by atoms with E-state index in [2.05, 4.69) is 16.8 Å². The summed E-state index contributed by atoms with van der Waals surface area (Å²) in [5.41, 5.74) is -2.21. The van der Waals surface area contributed by atoms with Gasteiger partial charge in [0, 0.05) is 18.2 Å². The van der Waals surface area contributed by atoms with Crippen LogP contribution in [0.3, 0.4) is 0 Å². The van der Waals surface area contributed by atoms with E-state index < -0.39 is 29.2 Å².